The van der Waals surface area contributed by atoms with Crippen molar-refractivity contribution >= 4 is 18.0 Å². The maximum Gasteiger partial charge on any atom is 0.408 e. The van der Waals surface area contributed by atoms with Crippen molar-refractivity contribution in [3.63, 3.8) is 0 Å². The van der Waals surface area contributed by atoms with Crippen molar-refractivity contribution < 1.29 is 33.7 Å². The van der Waals surface area contributed by atoms with E-state index in [0.717, 1.165) is 12.7 Å². The molecule has 0 saturated carbocycles. The second-order valence-corrected chi connectivity index (χ2v) is 5.54. The molecule has 0 radical (unpaired) electrons. The van der Waals surface area contributed by atoms with Gasteiger partial charge in [0.25, 0.3) is 0 Å². The summed E-state index contributed by atoms with van der Waals surface area (Å²) in [6, 6.07) is 4.74. The molecular formula is C17H24N2O7. The van der Waals surface area contributed by atoms with E-state index < -0.39 is 36.2 Å². The van der Waals surface area contributed by atoms with Crippen LogP contribution in [0.2, 0.25) is 0 Å². The quantitative estimate of drug-likeness (QED) is 0.566. The highest BCUT2D eigenvalue weighted by Gasteiger charge is 2.28. The van der Waals surface area contributed by atoms with Gasteiger partial charge < -0.3 is 30.0 Å². The van der Waals surface area contributed by atoms with E-state index in [1.54, 1.807) is 31.4 Å². The summed E-state index contributed by atoms with van der Waals surface area (Å²) >= 11 is 0. The van der Waals surface area contributed by atoms with E-state index in [9.17, 15) is 19.5 Å². The average molecular weight is 368 g/mol. The van der Waals surface area contributed by atoms with Crippen molar-refractivity contribution in [2.45, 2.75) is 38.6 Å². The fraction of sp³-hybridized carbons (Fsp3) is 0.471. The number of alkyl carbamates (subject to hydrolysis) is 1. The van der Waals surface area contributed by atoms with Crippen LogP contribution in [0.3, 0.4) is 0 Å². The maximum absolute atomic E-state index is 12.0. The number of aliphatic hydroxyl groups excluding tert-OH is 1. The number of nitrogens with one attached hydrogen (secondary N) is 2. The minimum atomic E-state index is -1.23. The van der Waals surface area contributed by atoms with Crippen LogP contribution >= 0.6 is 0 Å². The minimum Gasteiger partial charge on any atom is -0.497 e. The third-order valence-electron chi connectivity index (χ3n) is 3.49. The van der Waals surface area contributed by atoms with Crippen molar-refractivity contribution in [1.82, 2.24) is 10.6 Å². The lowest BCUT2D eigenvalue weighted by Gasteiger charge is -2.21. The summed E-state index contributed by atoms with van der Waals surface area (Å²) in [7, 11) is 2.69. The smallest absolute Gasteiger partial charge is 0.408 e. The van der Waals surface area contributed by atoms with Crippen LogP contribution in [-0.2, 0) is 25.7 Å². The number of carbonyl (C=O) groups excluding carboxylic acids is 3. The summed E-state index contributed by atoms with van der Waals surface area (Å²) in [5, 5.41) is 14.2. The number of aliphatic hydroxyl groups is 1. The molecule has 0 fully saturated rings. The number of carbonyl (C=O) groups is 3. The monoisotopic (exact) mass is 368 g/mol. The topological polar surface area (TPSA) is 123 Å². The Morgan fingerprint density at radius 1 is 1.08 bits per heavy atom. The van der Waals surface area contributed by atoms with E-state index in [1.165, 1.54) is 13.8 Å². The normalized spacial score (nSPS) is 13.7. The molecule has 144 valence electrons. The Morgan fingerprint density at radius 3 is 2.19 bits per heavy atom. The van der Waals surface area contributed by atoms with Crippen molar-refractivity contribution in [2.75, 3.05) is 14.2 Å². The third kappa shape index (κ3) is 6.60. The largest absolute Gasteiger partial charge is 0.497 e. The lowest BCUT2D eigenvalue weighted by molar-refractivity contribution is -0.148. The van der Waals surface area contributed by atoms with Gasteiger partial charge in [-0.25, -0.2) is 9.59 Å². The van der Waals surface area contributed by atoms with E-state index in [1.807, 2.05) is 0 Å². The number of esters is 1. The number of ether oxygens (including phenoxy) is 3. The van der Waals surface area contributed by atoms with Crippen LogP contribution < -0.4 is 15.4 Å². The Morgan fingerprint density at radius 2 is 1.69 bits per heavy atom. The van der Waals surface area contributed by atoms with Crippen molar-refractivity contribution in [1.29, 1.82) is 0 Å². The lowest BCUT2D eigenvalue weighted by Crippen LogP contribution is -2.54. The Balaban J connectivity index is 2.49. The lowest BCUT2D eigenvalue weighted by atomic mass is 10.1. The third-order valence-corrected chi connectivity index (χ3v) is 3.49. The van der Waals surface area contributed by atoms with Gasteiger partial charge in [-0.2, -0.15) is 0 Å². The average Bonchev–Trinajstić information content (AvgIpc) is 2.63. The van der Waals surface area contributed by atoms with Crippen LogP contribution in [-0.4, -0.2) is 55.5 Å². The van der Waals surface area contributed by atoms with Gasteiger partial charge >= 0.3 is 12.1 Å². The summed E-state index contributed by atoms with van der Waals surface area (Å²) in [6.07, 6.45) is -1.95. The number of benzene rings is 1. The Kier molecular flexibility index (Phi) is 8.36. The van der Waals surface area contributed by atoms with Gasteiger partial charge in [0.2, 0.25) is 5.91 Å². The summed E-state index contributed by atoms with van der Waals surface area (Å²) < 4.78 is 14.6. The van der Waals surface area contributed by atoms with Gasteiger partial charge in [0, 0.05) is 0 Å². The maximum atomic E-state index is 12.0. The fourth-order valence-corrected chi connectivity index (χ4v) is 1.94. The first-order valence-electron chi connectivity index (χ1n) is 7.91. The van der Waals surface area contributed by atoms with Gasteiger partial charge in [0.15, 0.2) is 6.04 Å². The molecule has 0 aliphatic carbocycles. The highest BCUT2D eigenvalue weighted by atomic mass is 16.5. The highest BCUT2D eigenvalue weighted by Crippen LogP contribution is 2.11. The summed E-state index contributed by atoms with van der Waals surface area (Å²) in [4.78, 5) is 35.4. The molecule has 0 aliphatic heterocycles. The molecule has 1 rings (SSSR count). The van der Waals surface area contributed by atoms with E-state index in [2.05, 4.69) is 15.4 Å². The zero-order valence-corrected chi connectivity index (χ0v) is 15.1. The van der Waals surface area contributed by atoms with Crippen LogP contribution in [0, 0.1) is 0 Å². The van der Waals surface area contributed by atoms with E-state index in [-0.39, 0.29) is 6.61 Å². The molecule has 9 heteroatoms. The van der Waals surface area contributed by atoms with Crippen molar-refractivity contribution in [3.05, 3.63) is 29.8 Å². The molecule has 2 amide bonds. The molecule has 9 nitrogen and oxygen atoms in total. The van der Waals surface area contributed by atoms with E-state index >= 15 is 0 Å². The summed E-state index contributed by atoms with van der Waals surface area (Å²) in [5.74, 6) is -0.771. The highest BCUT2D eigenvalue weighted by molar-refractivity contribution is 5.89. The standard InChI is InChI=1S/C17H24N2O7/c1-10(15(21)19-14(11(2)20)16(22)25-4)18-17(23)26-9-12-5-7-13(24-3)8-6-12/h5-8,10-11,14,20H,9H2,1-4H3,(H,18,23)(H,19,21). The van der Waals surface area contributed by atoms with Gasteiger partial charge in [0.05, 0.1) is 20.3 Å². The Hall–Kier alpha value is -2.81. The number of methoxy groups -OCH3 is 2. The SMILES string of the molecule is COC(=O)C(NC(=O)C(C)NC(=O)OCc1ccc(OC)cc1)C(C)O. The van der Waals surface area contributed by atoms with Gasteiger partial charge in [0.1, 0.15) is 18.4 Å². The minimum absolute atomic E-state index is 0.0165. The zero-order chi connectivity index (χ0) is 19.7. The molecule has 3 unspecified atom stereocenters. The molecule has 3 atom stereocenters. The van der Waals surface area contributed by atoms with Gasteiger partial charge in [-0.05, 0) is 31.5 Å². The Labute approximate surface area is 151 Å². The van der Waals surface area contributed by atoms with Crippen molar-refractivity contribution in [3.8, 4) is 5.75 Å². The molecule has 1 aromatic carbocycles. The molecule has 0 spiro atoms. The molecular weight excluding hydrogens is 344 g/mol. The van der Waals surface area contributed by atoms with Crippen molar-refractivity contribution in [2.24, 2.45) is 0 Å². The molecule has 0 aromatic heterocycles. The molecule has 26 heavy (non-hydrogen) atoms. The molecule has 1 aromatic rings. The first-order chi connectivity index (χ1) is 12.3. The Bertz CT molecular complexity index is 616. The summed E-state index contributed by atoms with van der Waals surface area (Å²) in [5.41, 5.74) is 0.748. The second kappa shape index (κ2) is 10.2. The zero-order valence-electron chi connectivity index (χ0n) is 15.1. The van der Waals surface area contributed by atoms with Crippen LogP contribution in [0.25, 0.3) is 0 Å². The number of rotatable bonds is 8. The molecule has 0 saturated heterocycles. The number of hydrogen-bond donors (Lipinski definition) is 3. The van der Waals surface area contributed by atoms with Crippen LogP contribution in [0.5, 0.6) is 5.75 Å². The fourth-order valence-electron chi connectivity index (χ4n) is 1.94. The molecule has 3 N–H and O–H groups in total. The van der Waals surface area contributed by atoms with E-state index in [4.69, 9.17) is 9.47 Å². The number of hydrogen-bond acceptors (Lipinski definition) is 7. The first kappa shape index (κ1) is 21.2. The van der Waals surface area contributed by atoms with Crippen LogP contribution in [0.4, 0.5) is 4.79 Å². The summed E-state index contributed by atoms with van der Waals surface area (Å²) in [6.45, 7) is 2.77. The number of amides is 2. The molecule has 0 bridgehead atoms. The van der Waals surface area contributed by atoms with E-state index in [0.29, 0.717) is 5.75 Å². The predicted octanol–water partition coefficient (Wildman–Crippen LogP) is 0.349. The predicted molar refractivity (Wildman–Crippen MR) is 91.4 cm³/mol. The van der Waals surface area contributed by atoms with Gasteiger partial charge in [-0.15, -0.1) is 0 Å². The molecule has 0 heterocycles. The first-order valence-corrected chi connectivity index (χ1v) is 7.91. The molecule has 0 aliphatic rings. The second-order valence-electron chi connectivity index (χ2n) is 5.54. The van der Waals surface area contributed by atoms with Gasteiger partial charge in [-0.3, -0.25) is 4.79 Å². The van der Waals surface area contributed by atoms with Crippen LogP contribution in [0.1, 0.15) is 19.4 Å². The van der Waals surface area contributed by atoms with Crippen LogP contribution in [0.15, 0.2) is 24.3 Å². The van der Waals surface area contributed by atoms with Gasteiger partial charge in [-0.1, -0.05) is 12.1 Å².